The van der Waals surface area contributed by atoms with Crippen LogP contribution in [0.25, 0.3) is 0 Å². The number of unbranched alkanes of at least 4 members (excludes halogenated alkanes) is 1. The van der Waals surface area contributed by atoms with E-state index >= 15 is 0 Å². The molecule has 1 rings (SSSR count). The van der Waals surface area contributed by atoms with Crippen molar-refractivity contribution in [2.24, 2.45) is 0 Å². The van der Waals surface area contributed by atoms with Crippen LogP contribution < -0.4 is 0 Å². The molecule has 0 spiro atoms. The van der Waals surface area contributed by atoms with Gasteiger partial charge in [-0.3, -0.25) is 0 Å². The van der Waals surface area contributed by atoms with Crippen LogP contribution in [0.15, 0.2) is 0 Å². The van der Waals surface area contributed by atoms with Crippen molar-refractivity contribution >= 4 is 6.09 Å². The minimum Gasteiger partial charge on any atom is -0.444 e. The van der Waals surface area contributed by atoms with Crippen LogP contribution in [0.5, 0.6) is 0 Å². The zero-order chi connectivity index (χ0) is 17.8. The Morgan fingerprint density at radius 3 is 2.04 bits per heavy atom. The van der Waals surface area contributed by atoms with Gasteiger partial charge in [-0.1, -0.05) is 13.3 Å². The molecule has 0 bridgehead atoms. The Morgan fingerprint density at radius 2 is 1.50 bits per heavy atom. The summed E-state index contributed by atoms with van der Waals surface area (Å²) in [5.41, 5.74) is -0.443. The molecule has 0 aromatic heterocycles. The van der Waals surface area contributed by atoms with Crippen molar-refractivity contribution in [3.8, 4) is 0 Å². The second kappa shape index (κ2) is 11.7. The number of nitrogens with zero attached hydrogens (tertiary/aromatic N) is 1. The summed E-state index contributed by atoms with van der Waals surface area (Å²) in [7, 11) is 0. The number of hydrogen-bond donors (Lipinski definition) is 0. The summed E-state index contributed by atoms with van der Waals surface area (Å²) in [5.74, 6) is 0. The smallest absolute Gasteiger partial charge is 0.410 e. The molecule has 0 aromatic carbocycles. The van der Waals surface area contributed by atoms with E-state index in [4.69, 9.17) is 18.9 Å². The van der Waals surface area contributed by atoms with Crippen LogP contribution in [-0.2, 0) is 18.9 Å². The highest BCUT2D eigenvalue weighted by atomic mass is 16.6. The molecular formula is C18H35NO5. The lowest BCUT2D eigenvalue weighted by atomic mass is 10.2. The number of ether oxygens (including phenoxy) is 4. The normalized spacial score (nSPS) is 15.4. The van der Waals surface area contributed by atoms with Gasteiger partial charge in [0.15, 0.2) is 0 Å². The first-order chi connectivity index (χ1) is 11.4. The van der Waals surface area contributed by atoms with Gasteiger partial charge in [-0.05, 0) is 40.0 Å². The molecule has 0 aromatic rings. The van der Waals surface area contributed by atoms with Gasteiger partial charge < -0.3 is 23.8 Å². The average Bonchev–Trinajstić information content (AvgIpc) is 2.44. The fourth-order valence-corrected chi connectivity index (χ4v) is 2.14. The molecule has 0 N–H and O–H groups in total. The molecule has 1 aliphatic heterocycles. The van der Waals surface area contributed by atoms with Crippen LogP contribution in [0, 0.1) is 0 Å². The van der Waals surface area contributed by atoms with Gasteiger partial charge in [-0.15, -0.1) is 0 Å². The van der Waals surface area contributed by atoms with E-state index in [9.17, 15) is 4.79 Å². The Hall–Kier alpha value is -0.850. The van der Waals surface area contributed by atoms with Crippen molar-refractivity contribution < 1.29 is 23.7 Å². The Kier molecular flexibility index (Phi) is 10.3. The van der Waals surface area contributed by atoms with E-state index < -0.39 is 5.60 Å². The molecule has 1 fully saturated rings. The fourth-order valence-electron chi connectivity index (χ4n) is 2.14. The third-order valence-corrected chi connectivity index (χ3v) is 3.51. The highest BCUT2D eigenvalue weighted by Crippen LogP contribution is 2.17. The molecule has 0 unspecified atom stereocenters. The zero-order valence-corrected chi connectivity index (χ0v) is 15.8. The quantitative estimate of drug-likeness (QED) is 0.508. The van der Waals surface area contributed by atoms with E-state index in [-0.39, 0.29) is 12.2 Å². The Labute approximate surface area is 146 Å². The Bertz CT molecular complexity index is 337. The van der Waals surface area contributed by atoms with Crippen molar-refractivity contribution in [1.82, 2.24) is 4.90 Å². The van der Waals surface area contributed by atoms with Crippen molar-refractivity contribution in [1.29, 1.82) is 0 Å². The first-order valence-corrected chi connectivity index (χ1v) is 9.17. The number of hydrogen-bond acceptors (Lipinski definition) is 5. The molecule has 0 radical (unpaired) electrons. The maximum absolute atomic E-state index is 11.8. The van der Waals surface area contributed by atoms with Gasteiger partial charge in [0.1, 0.15) is 5.60 Å². The predicted octanol–water partition coefficient (Wildman–Crippen LogP) is 3.24. The first kappa shape index (κ1) is 21.2. The number of carbonyl (C=O) groups excluding carboxylic acids is 1. The summed E-state index contributed by atoms with van der Waals surface area (Å²) in [6, 6.07) is 0. The lowest BCUT2D eigenvalue weighted by Gasteiger charge is -2.39. The molecule has 0 atom stereocenters. The number of amides is 1. The monoisotopic (exact) mass is 345 g/mol. The highest BCUT2D eigenvalue weighted by Gasteiger charge is 2.34. The van der Waals surface area contributed by atoms with E-state index in [0.717, 1.165) is 39.1 Å². The predicted molar refractivity (Wildman–Crippen MR) is 93.3 cm³/mol. The lowest BCUT2D eigenvalue weighted by molar-refractivity contribution is -0.0666. The van der Waals surface area contributed by atoms with Crippen LogP contribution in [0.1, 0.15) is 53.4 Å². The van der Waals surface area contributed by atoms with Crippen LogP contribution in [-0.4, -0.2) is 68.8 Å². The molecule has 1 saturated heterocycles. The summed E-state index contributed by atoms with van der Waals surface area (Å²) in [5, 5.41) is 0. The maximum Gasteiger partial charge on any atom is 0.410 e. The lowest BCUT2D eigenvalue weighted by Crippen LogP contribution is -2.56. The van der Waals surface area contributed by atoms with Gasteiger partial charge in [0, 0.05) is 33.0 Å². The molecular weight excluding hydrogens is 310 g/mol. The number of carbonyl (C=O) groups is 1. The molecule has 1 heterocycles. The van der Waals surface area contributed by atoms with Crippen molar-refractivity contribution in [2.45, 2.75) is 65.1 Å². The molecule has 24 heavy (non-hydrogen) atoms. The number of rotatable bonds is 12. The Morgan fingerprint density at radius 1 is 0.958 bits per heavy atom. The van der Waals surface area contributed by atoms with Gasteiger partial charge >= 0.3 is 6.09 Å². The van der Waals surface area contributed by atoms with Gasteiger partial charge in [-0.25, -0.2) is 4.79 Å². The van der Waals surface area contributed by atoms with E-state index in [1.54, 1.807) is 4.90 Å². The van der Waals surface area contributed by atoms with E-state index in [1.807, 2.05) is 20.8 Å². The number of likely N-dealkylation sites (tertiary alicyclic amines) is 1. The van der Waals surface area contributed by atoms with Crippen LogP contribution in [0.4, 0.5) is 4.79 Å². The topological polar surface area (TPSA) is 57.2 Å². The maximum atomic E-state index is 11.8. The van der Waals surface area contributed by atoms with Gasteiger partial charge in [-0.2, -0.15) is 0 Å². The van der Waals surface area contributed by atoms with Gasteiger partial charge in [0.25, 0.3) is 0 Å². The van der Waals surface area contributed by atoms with Crippen molar-refractivity contribution in [3.63, 3.8) is 0 Å². The second-order valence-corrected chi connectivity index (χ2v) is 7.16. The minimum atomic E-state index is -0.443. The molecule has 1 aliphatic rings. The Balaban J connectivity index is 1.84. The summed E-state index contributed by atoms with van der Waals surface area (Å²) >= 11 is 0. The van der Waals surface area contributed by atoms with Crippen molar-refractivity contribution in [2.75, 3.05) is 46.1 Å². The molecule has 6 heteroatoms. The third-order valence-electron chi connectivity index (χ3n) is 3.51. The first-order valence-electron chi connectivity index (χ1n) is 9.17. The second-order valence-electron chi connectivity index (χ2n) is 7.16. The van der Waals surface area contributed by atoms with Crippen LogP contribution >= 0.6 is 0 Å². The summed E-state index contributed by atoms with van der Waals surface area (Å²) < 4.78 is 22.0. The van der Waals surface area contributed by atoms with E-state index in [2.05, 4.69) is 6.92 Å². The molecule has 1 amide bonds. The SMILES string of the molecule is CCCCOCCCOCCCOC1CN(C(=O)OC(C)(C)C)C1. The summed E-state index contributed by atoms with van der Waals surface area (Å²) in [4.78, 5) is 13.4. The average molecular weight is 345 g/mol. The van der Waals surface area contributed by atoms with Crippen molar-refractivity contribution in [3.05, 3.63) is 0 Å². The molecule has 6 nitrogen and oxygen atoms in total. The highest BCUT2D eigenvalue weighted by molar-refractivity contribution is 5.69. The van der Waals surface area contributed by atoms with Crippen LogP contribution in [0.3, 0.4) is 0 Å². The zero-order valence-electron chi connectivity index (χ0n) is 15.8. The van der Waals surface area contributed by atoms with E-state index in [1.165, 1.54) is 6.42 Å². The largest absolute Gasteiger partial charge is 0.444 e. The van der Waals surface area contributed by atoms with Gasteiger partial charge in [0.2, 0.25) is 0 Å². The fraction of sp³-hybridized carbons (Fsp3) is 0.944. The summed E-state index contributed by atoms with van der Waals surface area (Å²) in [6.45, 7) is 12.7. The standard InChI is InChI=1S/C18H35NO5/c1-5-6-9-21-10-7-11-22-12-8-13-23-16-14-19(15-16)17(20)24-18(2,3)4/h16H,5-15H2,1-4H3. The minimum absolute atomic E-state index is 0.129. The van der Waals surface area contributed by atoms with E-state index in [0.29, 0.717) is 26.3 Å². The third kappa shape index (κ3) is 10.1. The summed E-state index contributed by atoms with van der Waals surface area (Å²) in [6.07, 6.45) is 3.99. The van der Waals surface area contributed by atoms with Crippen LogP contribution in [0.2, 0.25) is 0 Å². The molecule has 0 aliphatic carbocycles. The molecule has 0 saturated carbocycles. The molecule has 142 valence electrons. The van der Waals surface area contributed by atoms with Gasteiger partial charge in [0.05, 0.1) is 19.2 Å².